The summed E-state index contributed by atoms with van der Waals surface area (Å²) in [5.41, 5.74) is 17.6. The Labute approximate surface area is 344 Å². The highest BCUT2D eigenvalue weighted by Crippen LogP contribution is 2.53. The number of carboxylic acid groups (broad SMARTS) is 1. The Balaban J connectivity index is 0.994. The largest absolute Gasteiger partial charge is 0.478 e. The number of nitrogens with zero attached hydrogens (tertiary/aromatic N) is 2. The fraction of sp³-hybridized carbons (Fsp3) is 0.170. The molecule has 3 aliphatic rings. The molecule has 10 rings (SSSR count). The highest BCUT2D eigenvalue weighted by atomic mass is 32.1. The van der Waals surface area contributed by atoms with Crippen molar-refractivity contribution in [3.05, 3.63) is 184 Å². The monoisotopic (exact) mass is 772 g/mol. The number of benzene rings is 6. The number of carboxylic acids is 1. The van der Waals surface area contributed by atoms with Gasteiger partial charge in [-0.15, -0.1) is 11.3 Å². The van der Waals surface area contributed by atoms with Crippen LogP contribution in [0.25, 0.3) is 38.8 Å². The van der Waals surface area contributed by atoms with Gasteiger partial charge in [-0.25, -0.2) is 4.79 Å². The molecule has 0 unspecified atom stereocenters. The van der Waals surface area contributed by atoms with Gasteiger partial charge in [-0.05, 0) is 135 Å². The molecule has 0 amide bonds. The van der Waals surface area contributed by atoms with Crippen LogP contribution in [0.2, 0.25) is 0 Å². The molecule has 6 aromatic carbocycles. The zero-order chi connectivity index (χ0) is 40.1. The van der Waals surface area contributed by atoms with Crippen molar-refractivity contribution >= 4 is 51.8 Å². The summed E-state index contributed by atoms with van der Waals surface area (Å²) >= 11 is 1.75. The maximum Gasteiger partial charge on any atom is 0.335 e. The Morgan fingerprint density at radius 3 is 1.69 bits per heavy atom. The van der Waals surface area contributed by atoms with Crippen LogP contribution in [-0.2, 0) is 16.2 Å². The molecule has 1 aliphatic heterocycles. The molecular formula is C53H44N2O2S. The second-order valence-electron chi connectivity index (χ2n) is 17.4. The first-order valence-corrected chi connectivity index (χ1v) is 20.8. The van der Waals surface area contributed by atoms with Gasteiger partial charge in [0.2, 0.25) is 0 Å². The van der Waals surface area contributed by atoms with E-state index in [1.165, 1.54) is 49.4 Å². The molecule has 1 aromatic heterocycles. The minimum absolute atomic E-state index is 0.113. The van der Waals surface area contributed by atoms with Crippen molar-refractivity contribution < 1.29 is 9.90 Å². The van der Waals surface area contributed by atoms with Crippen molar-refractivity contribution in [3.63, 3.8) is 0 Å². The van der Waals surface area contributed by atoms with E-state index in [2.05, 4.69) is 180 Å². The van der Waals surface area contributed by atoms with Gasteiger partial charge in [-0.2, -0.15) is 0 Å². The number of carbonyl (C=O) groups is 1. The van der Waals surface area contributed by atoms with Gasteiger partial charge in [0, 0.05) is 43.1 Å². The van der Waals surface area contributed by atoms with E-state index in [0.717, 1.165) is 44.5 Å². The first-order chi connectivity index (χ1) is 27.8. The summed E-state index contributed by atoms with van der Waals surface area (Å²) in [4.78, 5) is 21.3. The van der Waals surface area contributed by atoms with E-state index in [1.807, 2.05) is 6.07 Å². The van der Waals surface area contributed by atoms with Gasteiger partial charge in [0.05, 0.1) is 17.0 Å². The lowest BCUT2D eigenvalue weighted by Crippen LogP contribution is -2.24. The van der Waals surface area contributed by atoms with Crippen molar-refractivity contribution in [2.45, 2.75) is 57.8 Å². The molecule has 5 heteroatoms. The fourth-order valence-electron chi connectivity index (χ4n) is 9.56. The predicted molar refractivity (Wildman–Crippen MR) is 242 cm³/mol. The number of allylic oxidation sites excluding steroid dienone is 1. The average molecular weight is 773 g/mol. The molecule has 0 spiro atoms. The van der Waals surface area contributed by atoms with Crippen molar-refractivity contribution in [1.82, 2.24) is 0 Å². The van der Waals surface area contributed by atoms with Crippen molar-refractivity contribution in [2.24, 2.45) is 4.99 Å². The van der Waals surface area contributed by atoms with Gasteiger partial charge in [0.1, 0.15) is 0 Å². The van der Waals surface area contributed by atoms with Gasteiger partial charge < -0.3 is 10.0 Å². The smallest absolute Gasteiger partial charge is 0.335 e. The van der Waals surface area contributed by atoms with E-state index < -0.39 is 11.4 Å². The van der Waals surface area contributed by atoms with Crippen LogP contribution in [0.5, 0.6) is 0 Å². The fourth-order valence-corrected chi connectivity index (χ4v) is 10.5. The van der Waals surface area contributed by atoms with Crippen LogP contribution in [0.4, 0.5) is 22.7 Å². The summed E-state index contributed by atoms with van der Waals surface area (Å²) < 4.78 is 0. The van der Waals surface area contributed by atoms with E-state index in [9.17, 15) is 9.90 Å². The van der Waals surface area contributed by atoms with E-state index >= 15 is 0 Å². The molecule has 0 bridgehead atoms. The Bertz CT molecular complexity index is 2800. The Kier molecular flexibility index (Phi) is 7.99. The molecule has 0 fully saturated rings. The highest BCUT2D eigenvalue weighted by Gasteiger charge is 2.38. The van der Waals surface area contributed by atoms with E-state index in [1.54, 1.807) is 23.5 Å². The van der Waals surface area contributed by atoms with Crippen molar-refractivity contribution in [1.29, 1.82) is 0 Å². The Morgan fingerprint density at radius 2 is 1.10 bits per heavy atom. The van der Waals surface area contributed by atoms with Gasteiger partial charge in [-0.1, -0.05) is 114 Å². The summed E-state index contributed by atoms with van der Waals surface area (Å²) in [5, 5.41) is 9.55. The average Bonchev–Trinajstić information content (AvgIpc) is 3.92. The third-order valence-corrected chi connectivity index (χ3v) is 14.0. The second-order valence-corrected chi connectivity index (χ2v) is 18.5. The SMILES string of the molecule is CC1(C)C(C=Cc2ccc(-c3ccc(N(c4ccc5c(c4)C(C)(C)c4ccccc4-5)c4ccc5c(c4)C(C)(C)c4ccccc4-5)cc3)s2)=Nc2ccc(C(=O)O)cc21. The molecule has 58 heavy (non-hydrogen) atoms. The van der Waals surface area contributed by atoms with Crippen LogP contribution < -0.4 is 4.90 Å². The Morgan fingerprint density at radius 1 is 0.552 bits per heavy atom. The van der Waals surface area contributed by atoms with Crippen LogP contribution in [0.1, 0.15) is 84.6 Å². The normalized spacial score (nSPS) is 16.0. The lowest BCUT2D eigenvalue weighted by Gasteiger charge is -2.30. The van der Waals surface area contributed by atoms with E-state index in [-0.39, 0.29) is 16.4 Å². The lowest BCUT2D eigenvalue weighted by molar-refractivity contribution is 0.0696. The van der Waals surface area contributed by atoms with Crippen LogP contribution in [0, 0.1) is 0 Å². The number of hydrogen-bond donors (Lipinski definition) is 1. The number of anilines is 3. The number of rotatable bonds is 7. The minimum Gasteiger partial charge on any atom is -0.478 e. The first-order valence-electron chi connectivity index (χ1n) is 20.0. The van der Waals surface area contributed by atoms with Crippen LogP contribution in [-0.4, -0.2) is 16.8 Å². The second kappa shape index (κ2) is 12.9. The molecule has 1 N–H and O–H groups in total. The maximum absolute atomic E-state index is 11.6. The van der Waals surface area contributed by atoms with Crippen LogP contribution in [0.15, 0.2) is 151 Å². The molecule has 284 valence electrons. The first kappa shape index (κ1) is 36.1. The number of hydrogen-bond acceptors (Lipinski definition) is 4. The number of thiophene rings is 1. The molecular weight excluding hydrogens is 729 g/mol. The summed E-state index contributed by atoms with van der Waals surface area (Å²) in [6, 6.07) is 50.2. The van der Waals surface area contributed by atoms with Gasteiger partial charge >= 0.3 is 5.97 Å². The summed E-state index contributed by atoms with van der Waals surface area (Å²) in [6.45, 7) is 13.6. The van der Waals surface area contributed by atoms with Crippen LogP contribution in [0.3, 0.4) is 0 Å². The van der Waals surface area contributed by atoms with Crippen molar-refractivity contribution in [3.8, 4) is 32.7 Å². The molecule has 2 aliphatic carbocycles. The number of fused-ring (bicyclic) bond motifs is 7. The number of aromatic carboxylic acids is 1. The topological polar surface area (TPSA) is 52.9 Å². The van der Waals surface area contributed by atoms with Gasteiger partial charge in [-0.3, -0.25) is 4.99 Å². The zero-order valence-electron chi connectivity index (χ0n) is 33.6. The molecule has 0 radical (unpaired) electrons. The molecule has 0 saturated heterocycles. The third kappa shape index (κ3) is 5.48. The quantitative estimate of drug-likeness (QED) is 0.176. The zero-order valence-corrected chi connectivity index (χ0v) is 34.4. The summed E-state index contributed by atoms with van der Waals surface area (Å²) in [6.07, 6.45) is 4.19. The Hall–Kier alpha value is -6.30. The third-order valence-electron chi connectivity index (χ3n) is 12.9. The lowest BCUT2D eigenvalue weighted by atomic mass is 9.81. The van der Waals surface area contributed by atoms with E-state index in [0.29, 0.717) is 0 Å². The summed E-state index contributed by atoms with van der Waals surface area (Å²) in [5.74, 6) is -0.924. The van der Waals surface area contributed by atoms with E-state index in [4.69, 9.17) is 4.99 Å². The molecule has 0 saturated carbocycles. The summed E-state index contributed by atoms with van der Waals surface area (Å²) in [7, 11) is 0. The number of aliphatic imine (C=N–C) groups is 1. The molecule has 0 atom stereocenters. The molecule has 7 aromatic rings. The predicted octanol–water partition coefficient (Wildman–Crippen LogP) is 14.3. The molecule has 2 heterocycles. The standard InChI is InChI=1S/C53H44N2O2S/c1-51(2)42-13-9-7-11-38(42)40-24-20-35(30-44(40)51)55(36-21-25-41-39-12-8-10-14-43(39)52(3,4)45(41)31-36)34-18-15-32(16-19-34)48-27-22-37(58-48)23-28-49-53(5,6)46-29-33(50(56)57)17-26-47(46)54-49/h7-31H,1-6H3,(H,56,57). The minimum atomic E-state index is -0.924. The van der Waals surface area contributed by atoms with Crippen LogP contribution >= 0.6 is 11.3 Å². The molecule has 4 nitrogen and oxygen atoms in total. The maximum atomic E-state index is 11.6. The van der Waals surface area contributed by atoms with Crippen molar-refractivity contribution in [2.75, 3.05) is 4.90 Å². The van der Waals surface area contributed by atoms with Gasteiger partial charge in [0.25, 0.3) is 0 Å². The van der Waals surface area contributed by atoms with Gasteiger partial charge in [0.15, 0.2) is 0 Å². The highest BCUT2D eigenvalue weighted by molar-refractivity contribution is 7.16.